The van der Waals surface area contributed by atoms with Gasteiger partial charge in [0.05, 0.1) is 5.69 Å². The van der Waals surface area contributed by atoms with Crippen molar-refractivity contribution < 1.29 is 13.5 Å². The van der Waals surface area contributed by atoms with Gasteiger partial charge in [0.25, 0.3) is 0 Å². The number of ether oxygens (including phenoxy) is 1. The van der Waals surface area contributed by atoms with E-state index in [1.54, 1.807) is 24.3 Å². The number of aromatic nitrogens is 2. The normalized spacial score (nSPS) is 10.3. The molecule has 130 valence electrons. The van der Waals surface area contributed by atoms with Crippen LogP contribution in [0.15, 0.2) is 42.5 Å². The lowest BCUT2D eigenvalue weighted by molar-refractivity contribution is 0.299. The number of anilines is 2. The van der Waals surface area contributed by atoms with Gasteiger partial charge < -0.3 is 16.2 Å². The summed E-state index contributed by atoms with van der Waals surface area (Å²) in [5.41, 5.74) is 12.4. The highest BCUT2D eigenvalue weighted by atomic mass is 19.1. The van der Waals surface area contributed by atoms with Gasteiger partial charge in [0.15, 0.2) is 0 Å². The molecule has 0 atom stereocenters. The second-order valence-corrected chi connectivity index (χ2v) is 5.35. The van der Waals surface area contributed by atoms with E-state index >= 15 is 0 Å². The average molecular weight is 353 g/mol. The van der Waals surface area contributed by atoms with E-state index in [1.165, 1.54) is 0 Å². The van der Waals surface area contributed by atoms with Crippen LogP contribution in [-0.2, 0) is 6.61 Å². The Morgan fingerprint density at radius 1 is 1.04 bits per heavy atom. The van der Waals surface area contributed by atoms with Gasteiger partial charge in [-0.1, -0.05) is 0 Å². The monoisotopic (exact) mass is 353 g/mol. The van der Waals surface area contributed by atoms with Crippen LogP contribution in [-0.4, -0.2) is 9.97 Å². The first-order valence-corrected chi connectivity index (χ1v) is 7.48. The molecule has 0 aliphatic rings. The molecule has 26 heavy (non-hydrogen) atoms. The maximum absolute atomic E-state index is 13.6. The molecule has 2 aromatic carbocycles. The fraction of sp³-hybridized carbons (Fsp3) is 0.0556. The van der Waals surface area contributed by atoms with Crippen molar-refractivity contribution in [2.75, 3.05) is 11.5 Å². The Morgan fingerprint density at radius 3 is 2.46 bits per heavy atom. The Bertz CT molecular complexity index is 1000. The zero-order chi connectivity index (χ0) is 18.7. The van der Waals surface area contributed by atoms with Crippen molar-refractivity contribution >= 4 is 11.8 Å². The molecule has 0 saturated heterocycles. The van der Waals surface area contributed by atoms with Crippen molar-refractivity contribution in [1.82, 2.24) is 9.97 Å². The van der Waals surface area contributed by atoms with Crippen molar-refractivity contribution in [2.24, 2.45) is 0 Å². The maximum atomic E-state index is 13.6. The van der Waals surface area contributed by atoms with Crippen molar-refractivity contribution in [2.45, 2.75) is 6.61 Å². The molecule has 4 N–H and O–H groups in total. The lowest BCUT2D eigenvalue weighted by Gasteiger charge is -2.09. The molecule has 1 heterocycles. The summed E-state index contributed by atoms with van der Waals surface area (Å²) in [6.45, 7) is -0.125. The Balaban J connectivity index is 1.81. The number of hydrogen-bond acceptors (Lipinski definition) is 6. The molecule has 0 bridgehead atoms. The summed E-state index contributed by atoms with van der Waals surface area (Å²) in [5, 5.41) is 9.22. The van der Waals surface area contributed by atoms with Crippen molar-refractivity contribution in [3.63, 3.8) is 0 Å². The number of benzene rings is 2. The molecule has 0 fully saturated rings. The summed E-state index contributed by atoms with van der Waals surface area (Å²) in [6, 6.07) is 11.6. The van der Waals surface area contributed by atoms with Crippen LogP contribution in [0.3, 0.4) is 0 Å². The van der Waals surface area contributed by atoms with Gasteiger partial charge in [-0.05, 0) is 42.5 Å². The van der Waals surface area contributed by atoms with Crippen LogP contribution in [0.2, 0.25) is 0 Å². The number of halogens is 2. The van der Waals surface area contributed by atoms with Gasteiger partial charge >= 0.3 is 0 Å². The fourth-order valence-electron chi connectivity index (χ4n) is 2.34. The molecular weight excluding hydrogens is 340 g/mol. The lowest BCUT2D eigenvalue weighted by atomic mass is 10.1. The fourth-order valence-corrected chi connectivity index (χ4v) is 2.34. The number of nitrogen functional groups attached to an aromatic ring is 2. The third kappa shape index (κ3) is 3.52. The molecule has 8 heteroatoms. The van der Waals surface area contributed by atoms with Gasteiger partial charge in [-0.15, -0.1) is 0 Å². The molecule has 0 radical (unpaired) electrons. The lowest BCUT2D eigenvalue weighted by Crippen LogP contribution is -2.05. The quantitative estimate of drug-likeness (QED) is 0.746. The SMILES string of the molecule is N#Cc1c(N)nc(N)nc1-c1ccc(OCc2cc(F)ccc2F)cc1. The van der Waals surface area contributed by atoms with E-state index in [2.05, 4.69) is 9.97 Å². The first-order valence-electron chi connectivity index (χ1n) is 7.48. The van der Waals surface area contributed by atoms with Crippen LogP contribution in [0.5, 0.6) is 5.75 Å². The molecular formula is C18H13F2N5O. The summed E-state index contributed by atoms with van der Waals surface area (Å²) in [5.74, 6) is -0.696. The summed E-state index contributed by atoms with van der Waals surface area (Å²) >= 11 is 0. The van der Waals surface area contributed by atoms with Gasteiger partial charge in [-0.2, -0.15) is 10.2 Å². The van der Waals surface area contributed by atoms with Crippen molar-refractivity contribution in [1.29, 1.82) is 5.26 Å². The summed E-state index contributed by atoms with van der Waals surface area (Å²) in [6.07, 6.45) is 0. The number of hydrogen-bond donors (Lipinski definition) is 2. The molecule has 0 amide bonds. The minimum Gasteiger partial charge on any atom is -0.489 e. The third-order valence-electron chi connectivity index (χ3n) is 3.60. The Hall–Kier alpha value is -3.73. The first-order chi connectivity index (χ1) is 12.5. The molecule has 3 aromatic rings. The Kier molecular flexibility index (Phi) is 4.62. The Morgan fingerprint density at radius 2 is 1.77 bits per heavy atom. The first kappa shape index (κ1) is 17.1. The van der Waals surface area contributed by atoms with Crippen LogP contribution in [0.25, 0.3) is 11.3 Å². The predicted octanol–water partition coefficient (Wildman–Crippen LogP) is 3.04. The second-order valence-electron chi connectivity index (χ2n) is 5.35. The highest BCUT2D eigenvalue weighted by Gasteiger charge is 2.13. The third-order valence-corrected chi connectivity index (χ3v) is 3.60. The van der Waals surface area contributed by atoms with Crippen LogP contribution >= 0.6 is 0 Å². The number of nitriles is 1. The van der Waals surface area contributed by atoms with Gasteiger partial charge in [-0.3, -0.25) is 0 Å². The maximum Gasteiger partial charge on any atom is 0.222 e. The minimum absolute atomic E-state index is 0.00286. The minimum atomic E-state index is -0.548. The van der Waals surface area contributed by atoms with Gasteiger partial charge in [0, 0.05) is 11.1 Å². The number of nitrogens with zero attached hydrogens (tertiary/aromatic N) is 3. The van der Waals surface area contributed by atoms with Gasteiger partial charge in [0.2, 0.25) is 5.95 Å². The topological polar surface area (TPSA) is 111 Å². The summed E-state index contributed by atoms with van der Waals surface area (Å²) < 4.78 is 32.2. The van der Waals surface area contributed by atoms with E-state index in [-0.39, 0.29) is 29.5 Å². The standard InChI is InChI=1S/C18H13F2N5O/c19-12-3-6-15(20)11(7-12)9-26-13-4-1-10(2-5-13)16-14(8-21)17(22)25-18(23)24-16/h1-7H,9H2,(H4,22,23,24,25). The second kappa shape index (κ2) is 7.03. The molecule has 0 aliphatic carbocycles. The van der Waals surface area contributed by atoms with E-state index in [9.17, 15) is 14.0 Å². The van der Waals surface area contributed by atoms with E-state index in [0.29, 0.717) is 17.0 Å². The van der Waals surface area contributed by atoms with Crippen LogP contribution in [0.4, 0.5) is 20.5 Å². The molecule has 1 aromatic heterocycles. The van der Waals surface area contributed by atoms with E-state index in [4.69, 9.17) is 16.2 Å². The number of nitrogens with two attached hydrogens (primary N) is 2. The van der Waals surface area contributed by atoms with Gasteiger partial charge in [-0.25, -0.2) is 13.8 Å². The molecule has 6 nitrogen and oxygen atoms in total. The van der Waals surface area contributed by atoms with Crippen LogP contribution in [0.1, 0.15) is 11.1 Å². The molecule has 0 unspecified atom stereocenters. The number of rotatable bonds is 4. The smallest absolute Gasteiger partial charge is 0.222 e. The van der Waals surface area contributed by atoms with Crippen LogP contribution < -0.4 is 16.2 Å². The van der Waals surface area contributed by atoms with Gasteiger partial charge in [0.1, 0.15) is 41.4 Å². The van der Waals surface area contributed by atoms with Crippen molar-refractivity contribution in [3.8, 4) is 23.1 Å². The summed E-state index contributed by atoms with van der Waals surface area (Å²) in [4.78, 5) is 7.81. The van der Waals surface area contributed by atoms with Crippen LogP contribution in [0, 0.1) is 23.0 Å². The Labute approximate surface area is 147 Å². The molecule has 0 saturated carbocycles. The van der Waals surface area contributed by atoms with Crippen molar-refractivity contribution in [3.05, 3.63) is 65.2 Å². The average Bonchev–Trinajstić information content (AvgIpc) is 2.62. The van der Waals surface area contributed by atoms with E-state index in [1.807, 2.05) is 6.07 Å². The highest BCUT2D eigenvalue weighted by molar-refractivity contribution is 5.73. The molecule has 0 aliphatic heterocycles. The zero-order valence-electron chi connectivity index (χ0n) is 13.4. The molecule has 3 rings (SSSR count). The highest BCUT2D eigenvalue weighted by Crippen LogP contribution is 2.27. The largest absolute Gasteiger partial charge is 0.489 e. The van der Waals surface area contributed by atoms with E-state index in [0.717, 1.165) is 18.2 Å². The summed E-state index contributed by atoms with van der Waals surface area (Å²) in [7, 11) is 0. The molecule has 0 spiro atoms. The predicted molar refractivity (Wildman–Crippen MR) is 91.7 cm³/mol. The van der Waals surface area contributed by atoms with E-state index < -0.39 is 11.6 Å². The zero-order valence-corrected chi connectivity index (χ0v) is 13.4.